The molecule has 3 N–H and O–H groups in total. The van der Waals surface area contributed by atoms with Crippen LogP contribution < -0.4 is 16.0 Å². The number of hydrogen-bond donors (Lipinski definition) is 3. The number of nitrogens with zero attached hydrogens (tertiary/aromatic N) is 1. The molecule has 2 unspecified atom stereocenters. The van der Waals surface area contributed by atoms with E-state index in [4.69, 9.17) is 4.74 Å². The Labute approximate surface area is 179 Å². The Kier molecular flexibility index (Phi) is 11.3. The molecule has 1 aromatic rings. The van der Waals surface area contributed by atoms with Crippen LogP contribution in [0.4, 0.5) is 0 Å². The van der Waals surface area contributed by atoms with Gasteiger partial charge in [0.2, 0.25) is 0 Å². The highest BCUT2D eigenvalue weighted by Gasteiger charge is 2.15. The van der Waals surface area contributed by atoms with Crippen LogP contribution in [0.3, 0.4) is 0 Å². The monoisotopic (exact) mass is 488 g/mol. The molecule has 1 aliphatic rings. The number of carbonyl (C=O) groups is 1. The molecule has 152 valence electrons. The Balaban J connectivity index is 0.00000364. The van der Waals surface area contributed by atoms with Crippen LogP contribution in [0.15, 0.2) is 29.3 Å². The van der Waals surface area contributed by atoms with Crippen molar-refractivity contribution >= 4 is 35.8 Å². The van der Waals surface area contributed by atoms with Crippen molar-refractivity contribution in [2.24, 2.45) is 4.99 Å². The number of benzene rings is 1. The zero-order valence-corrected chi connectivity index (χ0v) is 18.9. The first-order chi connectivity index (χ1) is 12.6. The molecule has 0 radical (unpaired) electrons. The zero-order valence-electron chi connectivity index (χ0n) is 16.6. The molecule has 2 atom stereocenters. The quantitative estimate of drug-likeness (QED) is 0.299. The molecule has 1 heterocycles. The van der Waals surface area contributed by atoms with Crippen molar-refractivity contribution < 1.29 is 9.53 Å². The lowest BCUT2D eigenvalue weighted by Crippen LogP contribution is -2.41. The van der Waals surface area contributed by atoms with E-state index in [1.165, 1.54) is 0 Å². The van der Waals surface area contributed by atoms with Crippen LogP contribution in [-0.4, -0.2) is 43.7 Å². The van der Waals surface area contributed by atoms with E-state index in [9.17, 15) is 4.79 Å². The summed E-state index contributed by atoms with van der Waals surface area (Å²) in [6, 6.07) is 7.81. The van der Waals surface area contributed by atoms with Gasteiger partial charge in [0, 0.05) is 31.3 Å². The molecule has 7 heteroatoms. The van der Waals surface area contributed by atoms with E-state index >= 15 is 0 Å². The molecule has 0 aromatic heterocycles. The third-order valence-corrected chi connectivity index (χ3v) is 4.49. The van der Waals surface area contributed by atoms with Crippen LogP contribution in [0.1, 0.15) is 56.0 Å². The van der Waals surface area contributed by atoms with Crippen molar-refractivity contribution in [3.63, 3.8) is 0 Å². The number of hydrogen-bond acceptors (Lipinski definition) is 3. The third kappa shape index (κ3) is 8.47. The van der Waals surface area contributed by atoms with Gasteiger partial charge in [0.1, 0.15) is 0 Å². The molecule has 27 heavy (non-hydrogen) atoms. The lowest BCUT2D eigenvalue weighted by Gasteiger charge is -2.15. The molecule has 0 spiro atoms. The molecular weight excluding hydrogens is 455 g/mol. The minimum absolute atomic E-state index is 0. The summed E-state index contributed by atoms with van der Waals surface area (Å²) in [5.74, 6) is 0.766. The summed E-state index contributed by atoms with van der Waals surface area (Å²) in [4.78, 5) is 16.7. The number of nitrogens with one attached hydrogen (secondary N) is 3. The van der Waals surface area contributed by atoms with E-state index < -0.39 is 0 Å². The maximum absolute atomic E-state index is 12.1. The van der Waals surface area contributed by atoms with Crippen molar-refractivity contribution in [1.29, 1.82) is 0 Å². The Hall–Kier alpha value is -1.35. The summed E-state index contributed by atoms with van der Waals surface area (Å²) >= 11 is 0. The van der Waals surface area contributed by atoms with Gasteiger partial charge in [0.25, 0.3) is 5.91 Å². The average molecular weight is 488 g/mol. The largest absolute Gasteiger partial charge is 0.376 e. The normalized spacial score (nSPS) is 17.7. The number of aliphatic imine (C=N–C) groups is 1. The number of carbonyl (C=O) groups excluding carboxylic acids is 1. The number of rotatable bonds is 8. The second-order valence-electron chi connectivity index (χ2n) is 6.69. The minimum Gasteiger partial charge on any atom is -0.376 e. The predicted molar refractivity (Wildman–Crippen MR) is 121 cm³/mol. The fraction of sp³-hybridized carbons (Fsp3) is 0.600. The second-order valence-corrected chi connectivity index (χ2v) is 6.69. The molecule has 0 bridgehead atoms. The van der Waals surface area contributed by atoms with E-state index in [0.717, 1.165) is 50.5 Å². The maximum atomic E-state index is 12.1. The average Bonchev–Trinajstić information content (AvgIpc) is 3.17. The summed E-state index contributed by atoms with van der Waals surface area (Å²) in [5, 5.41) is 9.57. The maximum Gasteiger partial charge on any atom is 0.251 e. The van der Waals surface area contributed by atoms with Gasteiger partial charge < -0.3 is 20.7 Å². The molecular formula is C20H33IN4O2. The SMILES string of the molecule is CCNC(=NCc1ccc(C(=O)NC(C)CC)cc1)NCC1CCCO1.I. The molecule has 1 amide bonds. The molecule has 0 saturated carbocycles. The highest BCUT2D eigenvalue weighted by molar-refractivity contribution is 14.0. The summed E-state index contributed by atoms with van der Waals surface area (Å²) in [6.45, 7) is 9.12. The van der Waals surface area contributed by atoms with Gasteiger partial charge in [-0.3, -0.25) is 4.79 Å². The zero-order chi connectivity index (χ0) is 18.8. The lowest BCUT2D eigenvalue weighted by atomic mass is 10.1. The topological polar surface area (TPSA) is 74.8 Å². The third-order valence-electron chi connectivity index (χ3n) is 4.49. The van der Waals surface area contributed by atoms with Crippen LogP contribution in [0.5, 0.6) is 0 Å². The number of amides is 1. The Morgan fingerprint density at radius 2 is 2.00 bits per heavy atom. The Morgan fingerprint density at radius 1 is 1.26 bits per heavy atom. The summed E-state index contributed by atoms with van der Waals surface area (Å²) < 4.78 is 5.63. The molecule has 1 saturated heterocycles. The van der Waals surface area contributed by atoms with Crippen molar-refractivity contribution in [3.05, 3.63) is 35.4 Å². The molecule has 2 rings (SSSR count). The fourth-order valence-corrected chi connectivity index (χ4v) is 2.70. The van der Waals surface area contributed by atoms with Crippen molar-refractivity contribution in [2.45, 2.75) is 58.7 Å². The first-order valence-corrected chi connectivity index (χ1v) is 9.66. The van der Waals surface area contributed by atoms with Gasteiger partial charge in [-0.25, -0.2) is 4.99 Å². The minimum atomic E-state index is -0.0269. The van der Waals surface area contributed by atoms with Crippen molar-refractivity contribution in [1.82, 2.24) is 16.0 Å². The van der Waals surface area contributed by atoms with Crippen LogP contribution in [0, 0.1) is 0 Å². The van der Waals surface area contributed by atoms with Crippen LogP contribution in [0.25, 0.3) is 0 Å². The van der Waals surface area contributed by atoms with Gasteiger partial charge in [-0.15, -0.1) is 24.0 Å². The molecule has 1 aliphatic heterocycles. The van der Waals surface area contributed by atoms with E-state index in [1.807, 2.05) is 38.1 Å². The first-order valence-electron chi connectivity index (χ1n) is 9.66. The van der Waals surface area contributed by atoms with E-state index in [1.54, 1.807) is 0 Å². The van der Waals surface area contributed by atoms with E-state index in [2.05, 4.69) is 27.9 Å². The van der Waals surface area contributed by atoms with Gasteiger partial charge >= 0.3 is 0 Å². The fourth-order valence-electron chi connectivity index (χ4n) is 2.70. The Bertz CT molecular complexity index is 586. The van der Waals surface area contributed by atoms with Gasteiger partial charge in [0.05, 0.1) is 12.6 Å². The summed E-state index contributed by atoms with van der Waals surface area (Å²) in [7, 11) is 0. The number of guanidine groups is 1. The molecule has 6 nitrogen and oxygen atoms in total. The number of halogens is 1. The summed E-state index contributed by atoms with van der Waals surface area (Å²) in [5.41, 5.74) is 1.75. The van der Waals surface area contributed by atoms with Crippen LogP contribution in [-0.2, 0) is 11.3 Å². The van der Waals surface area contributed by atoms with Gasteiger partial charge in [0.15, 0.2) is 5.96 Å². The van der Waals surface area contributed by atoms with E-state index in [0.29, 0.717) is 12.1 Å². The van der Waals surface area contributed by atoms with Gasteiger partial charge in [-0.1, -0.05) is 19.1 Å². The Morgan fingerprint density at radius 3 is 2.59 bits per heavy atom. The summed E-state index contributed by atoms with van der Waals surface area (Å²) in [6.07, 6.45) is 3.44. The van der Waals surface area contributed by atoms with Gasteiger partial charge in [-0.2, -0.15) is 0 Å². The molecule has 1 fully saturated rings. The predicted octanol–water partition coefficient (Wildman–Crippen LogP) is 3.07. The standard InChI is InChI=1S/C20H32N4O2.HI/c1-4-15(3)24-19(25)17-10-8-16(9-11-17)13-22-20(21-5-2)23-14-18-7-6-12-26-18;/h8-11,15,18H,4-7,12-14H2,1-3H3,(H,24,25)(H2,21,22,23);1H. The molecule has 0 aliphatic carbocycles. The number of ether oxygens (including phenoxy) is 1. The molecule has 1 aromatic carbocycles. The van der Waals surface area contributed by atoms with Gasteiger partial charge in [-0.05, 0) is 50.8 Å². The van der Waals surface area contributed by atoms with Crippen molar-refractivity contribution in [3.8, 4) is 0 Å². The lowest BCUT2D eigenvalue weighted by molar-refractivity contribution is 0.0939. The van der Waals surface area contributed by atoms with Crippen LogP contribution in [0.2, 0.25) is 0 Å². The van der Waals surface area contributed by atoms with Crippen LogP contribution >= 0.6 is 24.0 Å². The smallest absolute Gasteiger partial charge is 0.251 e. The van der Waals surface area contributed by atoms with E-state index in [-0.39, 0.29) is 42.0 Å². The highest BCUT2D eigenvalue weighted by atomic mass is 127. The first kappa shape index (κ1) is 23.7. The highest BCUT2D eigenvalue weighted by Crippen LogP contribution is 2.10. The van der Waals surface area contributed by atoms with Crippen molar-refractivity contribution in [2.75, 3.05) is 19.7 Å². The second kappa shape index (κ2) is 12.9.